The van der Waals surface area contributed by atoms with Gasteiger partial charge in [0.05, 0.1) is 27.5 Å². The van der Waals surface area contributed by atoms with Gasteiger partial charge in [0.2, 0.25) is 0 Å². The molecule has 0 radical (unpaired) electrons. The van der Waals surface area contributed by atoms with Gasteiger partial charge in [0.25, 0.3) is 17.3 Å². The molecule has 0 aromatic heterocycles. The lowest BCUT2D eigenvalue weighted by molar-refractivity contribution is -0.394. The van der Waals surface area contributed by atoms with E-state index in [0.29, 0.717) is 5.02 Å². The summed E-state index contributed by atoms with van der Waals surface area (Å²) >= 11 is 6.29. The average Bonchev–Trinajstić information content (AvgIpc) is 3.46. The van der Waals surface area contributed by atoms with Gasteiger partial charge < -0.3 is 4.90 Å². The summed E-state index contributed by atoms with van der Waals surface area (Å²) in [5, 5.41) is 23.1. The van der Waals surface area contributed by atoms with E-state index in [1.54, 1.807) is 17.0 Å². The summed E-state index contributed by atoms with van der Waals surface area (Å²) in [7, 11) is 0. The first-order valence-electron chi connectivity index (χ1n) is 8.73. The van der Waals surface area contributed by atoms with Gasteiger partial charge in [-0.3, -0.25) is 25.0 Å². The Morgan fingerprint density at radius 1 is 1.18 bits per heavy atom. The molecule has 146 valence electrons. The van der Waals surface area contributed by atoms with Gasteiger partial charge in [-0.15, -0.1) is 0 Å². The van der Waals surface area contributed by atoms with Crippen molar-refractivity contribution in [3.8, 4) is 0 Å². The number of hydrogen-bond donors (Lipinski definition) is 0. The average molecular weight is 404 g/mol. The van der Waals surface area contributed by atoms with Crippen LogP contribution in [0.1, 0.15) is 47.3 Å². The fraction of sp³-hybridized carbons (Fsp3) is 0.316. The Morgan fingerprint density at radius 3 is 2.36 bits per heavy atom. The molecular formula is C19H18ClN3O5. The van der Waals surface area contributed by atoms with E-state index < -0.39 is 27.1 Å². The van der Waals surface area contributed by atoms with Crippen molar-refractivity contribution in [3.05, 3.63) is 78.3 Å². The van der Waals surface area contributed by atoms with Gasteiger partial charge in [-0.05, 0) is 38.3 Å². The predicted octanol–water partition coefficient (Wildman–Crippen LogP) is 4.83. The molecule has 0 bridgehead atoms. The molecule has 9 heteroatoms. The zero-order chi connectivity index (χ0) is 20.6. The summed E-state index contributed by atoms with van der Waals surface area (Å²) in [5.74, 6) is -0.473. The first-order valence-corrected chi connectivity index (χ1v) is 9.10. The molecule has 28 heavy (non-hydrogen) atoms. The van der Waals surface area contributed by atoms with Crippen molar-refractivity contribution < 1.29 is 14.6 Å². The third-order valence-electron chi connectivity index (χ3n) is 4.95. The lowest BCUT2D eigenvalue weighted by Gasteiger charge is -2.30. The Kier molecular flexibility index (Phi) is 5.33. The molecule has 1 saturated carbocycles. The lowest BCUT2D eigenvalue weighted by atomic mass is 10.0. The number of non-ortho nitro benzene ring substituents is 1. The fourth-order valence-corrected chi connectivity index (χ4v) is 3.61. The summed E-state index contributed by atoms with van der Waals surface area (Å²) in [6, 6.07) is 8.73. The van der Waals surface area contributed by atoms with E-state index in [1.807, 2.05) is 19.1 Å². The molecule has 1 unspecified atom stereocenters. The molecule has 3 rings (SSSR count). The van der Waals surface area contributed by atoms with Gasteiger partial charge in [0, 0.05) is 22.7 Å². The van der Waals surface area contributed by atoms with E-state index in [1.165, 1.54) is 6.92 Å². The zero-order valence-electron chi connectivity index (χ0n) is 15.3. The summed E-state index contributed by atoms with van der Waals surface area (Å²) in [4.78, 5) is 36.1. The molecule has 1 aliphatic rings. The third-order valence-corrected chi connectivity index (χ3v) is 5.29. The first-order chi connectivity index (χ1) is 13.2. The van der Waals surface area contributed by atoms with Crippen LogP contribution in [0.15, 0.2) is 36.4 Å². The standard InChI is InChI=1S/C19H18ClN3O5/c1-11-16(9-14(22(25)26)10-18(11)23(27)28)19(24)21(13-7-8-13)12(2)15-5-3-4-6-17(15)20/h3-6,9-10,12-13H,7-8H2,1-2H3. The molecule has 0 N–H and O–H groups in total. The van der Waals surface area contributed by atoms with E-state index in [0.717, 1.165) is 30.5 Å². The van der Waals surface area contributed by atoms with Crippen LogP contribution in [0.3, 0.4) is 0 Å². The van der Waals surface area contributed by atoms with Crippen LogP contribution < -0.4 is 0 Å². The fourth-order valence-electron chi connectivity index (χ4n) is 3.31. The van der Waals surface area contributed by atoms with Gasteiger partial charge in [0.1, 0.15) is 0 Å². The Bertz CT molecular complexity index is 974. The van der Waals surface area contributed by atoms with Gasteiger partial charge in [0.15, 0.2) is 0 Å². The molecule has 0 aliphatic heterocycles. The largest absolute Gasteiger partial charge is 0.329 e. The number of rotatable bonds is 6. The van der Waals surface area contributed by atoms with Crippen molar-refractivity contribution in [2.24, 2.45) is 0 Å². The summed E-state index contributed by atoms with van der Waals surface area (Å²) in [6.07, 6.45) is 1.60. The highest BCUT2D eigenvalue weighted by Gasteiger charge is 2.39. The van der Waals surface area contributed by atoms with Crippen LogP contribution in [-0.4, -0.2) is 26.7 Å². The Balaban J connectivity index is 2.09. The van der Waals surface area contributed by atoms with Crippen molar-refractivity contribution >= 4 is 28.9 Å². The quantitative estimate of drug-likeness (QED) is 0.507. The maximum Gasteiger partial charge on any atom is 0.279 e. The topological polar surface area (TPSA) is 107 Å². The van der Waals surface area contributed by atoms with Crippen molar-refractivity contribution in [2.75, 3.05) is 0 Å². The molecule has 0 spiro atoms. The van der Waals surface area contributed by atoms with Crippen LogP contribution in [0.25, 0.3) is 0 Å². The van der Waals surface area contributed by atoms with Crippen molar-refractivity contribution in [2.45, 2.75) is 38.8 Å². The highest BCUT2D eigenvalue weighted by Crippen LogP contribution is 2.39. The number of benzene rings is 2. The number of nitro groups is 2. The second-order valence-corrected chi connectivity index (χ2v) is 7.20. The third kappa shape index (κ3) is 3.68. The van der Waals surface area contributed by atoms with Crippen LogP contribution in [0.2, 0.25) is 5.02 Å². The number of hydrogen-bond acceptors (Lipinski definition) is 5. The first kappa shape index (κ1) is 19.8. The number of carbonyl (C=O) groups excluding carboxylic acids is 1. The van der Waals surface area contributed by atoms with Crippen LogP contribution in [-0.2, 0) is 0 Å². The van der Waals surface area contributed by atoms with Gasteiger partial charge in [-0.1, -0.05) is 29.8 Å². The van der Waals surface area contributed by atoms with Crippen LogP contribution in [0, 0.1) is 27.2 Å². The van der Waals surface area contributed by atoms with Gasteiger partial charge >= 0.3 is 0 Å². The number of carbonyl (C=O) groups is 1. The normalized spacial score (nSPS) is 14.4. The summed E-state index contributed by atoms with van der Waals surface area (Å²) < 4.78 is 0. The highest BCUT2D eigenvalue weighted by molar-refractivity contribution is 6.31. The number of nitrogens with zero attached hydrogens (tertiary/aromatic N) is 3. The molecule has 2 aromatic rings. The Hall–Kier alpha value is -3.00. The molecule has 1 amide bonds. The zero-order valence-corrected chi connectivity index (χ0v) is 16.0. The van der Waals surface area contributed by atoms with Crippen molar-refractivity contribution in [3.63, 3.8) is 0 Å². The molecule has 1 aliphatic carbocycles. The molecular weight excluding hydrogens is 386 g/mol. The van der Waals surface area contributed by atoms with E-state index in [9.17, 15) is 25.0 Å². The second kappa shape index (κ2) is 7.55. The molecule has 0 saturated heterocycles. The SMILES string of the molecule is Cc1c(C(=O)N(C2CC2)C(C)c2ccccc2Cl)cc([N+](=O)[O-])cc1[N+](=O)[O-]. The van der Waals surface area contributed by atoms with Crippen LogP contribution in [0.5, 0.6) is 0 Å². The van der Waals surface area contributed by atoms with E-state index >= 15 is 0 Å². The van der Waals surface area contributed by atoms with Crippen molar-refractivity contribution in [1.29, 1.82) is 0 Å². The van der Waals surface area contributed by atoms with Gasteiger partial charge in [-0.25, -0.2) is 0 Å². The van der Waals surface area contributed by atoms with E-state index in [4.69, 9.17) is 11.6 Å². The molecule has 0 heterocycles. The smallest absolute Gasteiger partial charge is 0.279 e. The predicted molar refractivity (Wildman–Crippen MR) is 104 cm³/mol. The highest BCUT2D eigenvalue weighted by atomic mass is 35.5. The molecule has 2 aromatic carbocycles. The summed E-state index contributed by atoms with van der Waals surface area (Å²) in [6.45, 7) is 3.26. The van der Waals surface area contributed by atoms with Gasteiger partial charge in [-0.2, -0.15) is 0 Å². The summed E-state index contributed by atoms with van der Waals surface area (Å²) in [5.41, 5.74) is -0.105. The maximum absolute atomic E-state index is 13.4. The van der Waals surface area contributed by atoms with E-state index in [2.05, 4.69) is 0 Å². The van der Waals surface area contributed by atoms with E-state index in [-0.39, 0.29) is 23.2 Å². The molecule has 1 fully saturated rings. The van der Waals surface area contributed by atoms with Crippen LogP contribution >= 0.6 is 11.6 Å². The minimum absolute atomic E-state index is 0.0310. The molecule has 1 atom stereocenters. The minimum Gasteiger partial charge on any atom is -0.329 e. The van der Waals surface area contributed by atoms with Crippen LogP contribution in [0.4, 0.5) is 11.4 Å². The number of amides is 1. The number of nitro benzene ring substituents is 2. The maximum atomic E-state index is 13.4. The van der Waals surface area contributed by atoms with Crippen molar-refractivity contribution in [1.82, 2.24) is 4.90 Å². The lowest BCUT2D eigenvalue weighted by Crippen LogP contribution is -2.36. The second-order valence-electron chi connectivity index (χ2n) is 6.79. The Labute approximate surface area is 166 Å². The molecule has 8 nitrogen and oxygen atoms in total. The minimum atomic E-state index is -0.734. The monoisotopic (exact) mass is 403 g/mol. The Morgan fingerprint density at radius 2 is 1.82 bits per heavy atom. The number of halogens is 1.